The maximum Gasteiger partial charge on any atom is 0.408 e. The van der Waals surface area contributed by atoms with Gasteiger partial charge >= 0.3 is 18.0 Å². The van der Waals surface area contributed by atoms with Gasteiger partial charge in [0.15, 0.2) is 5.57 Å². The molecule has 1 atom stereocenters. The minimum Gasteiger partial charge on any atom is -0.509 e. The third kappa shape index (κ3) is 5.14. The molecule has 1 amide bonds. The van der Waals surface area contributed by atoms with Crippen LogP contribution in [-0.4, -0.2) is 40.6 Å². The van der Waals surface area contributed by atoms with E-state index in [-0.39, 0.29) is 5.92 Å². The molecule has 0 bridgehead atoms. The number of carbonyl (C=O) groups excluding carboxylic acids is 3. The minimum atomic E-state index is -1.41. The lowest BCUT2D eigenvalue weighted by Crippen LogP contribution is -2.47. The molecule has 0 aromatic heterocycles. The Morgan fingerprint density at radius 2 is 1.62 bits per heavy atom. The fraction of sp³-hybridized carbons (Fsp3) is 0.688. The molecule has 1 aliphatic rings. The normalized spacial score (nSPS) is 18.6. The van der Waals surface area contributed by atoms with E-state index in [4.69, 9.17) is 14.2 Å². The van der Waals surface area contributed by atoms with E-state index in [0.717, 1.165) is 0 Å². The van der Waals surface area contributed by atoms with Crippen LogP contribution in [0.5, 0.6) is 0 Å². The molecule has 24 heavy (non-hydrogen) atoms. The van der Waals surface area contributed by atoms with Crippen LogP contribution in [-0.2, 0) is 23.8 Å². The monoisotopic (exact) mass is 343 g/mol. The van der Waals surface area contributed by atoms with E-state index in [1.165, 1.54) is 13.8 Å². The number of cyclic esters (lactones) is 2. The van der Waals surface area contributed by atoms with Crippen molar-refractivity contribution >= 4 is 18.0 Å². The number of amides is 1. The molecule has 1 saturated heterocycles. The van der Waals surface area contributed by atoms with E-state index < -0.39 is 46.8 Å². The number of carbonyl (C=O) groups is 3. The second-order valence-electron chi connectivity index (χ2n) is 7.31. The summed E-state index contributed by atoms with van der Waals surface area (Å²) in [6.45, 7) is 11.3. The summed E-state index contributed by atoms with van der Waals surface area (Å²) in [7, 11) is 0. The topological polar surface area (TPSA) is 111 Å². The van der Waals surface area contributed by atoms with E-state index in [1.807, 2.05) is 0 Å². The molecule has 8 nitrogen and oxygen atoms in total. The molecular formula is C16H25NO7. The summed E-state index contributed by atoms with van der Waals surface area (Å²) in [6.07, 6.45) is -0.786. The molecule has 1 fully saturated rings. The van der Waals surface area contributed by atoms with Crippen LogP contribution in [0.2, 0.25) is 0 Å². The highest BCUT2D eigenvalue weighted by atomic mass is 16.7. The van der Waals surface area contributed by atoms with Crippen LogP contribution in [0.4, 0.5) is 4.79 Å². The average molecular weight is 343 g/mol. The second kappa shape index (κ2) is 6.70. The zero-order chi connectivity index (χ0) is 18.9. The molecule has 8 heteroatoms. The van der Waals surface area contributed by atoms with Gasteiger partial charge in [0.1, 0.15) is 11.4 Å². The molecule has 0 aliphatic carbocycles. The molecule has 0 aromatic carbocycles. The van der Waals surface area contributed by atoms with Crippen molar-refractivity contribution < 1.29 is 33.7 Å². The average Bonchev–Trinajstić information content (AvgIpc) is 2.30. The van der Waals surface area contributed by atoms with Crippen LogP contribution in [0.1, 0.15) is 48.5 Å². The maximum atomic E-state index is 12.0. The van der Waals surface area contributed by atoms with Crippen LogP contribution in [0.15, 0.2) is 11.3 Å². The lowest BCUT2D eigenvalue weighted by molar-refractivity contribution is -0.222. The molecule has 2 N–H and O–H groups in total. The van der Waals surface area contributed by atoms with Gasteiger partial charge in [-0.25, -0.2) is 14.4 Å². The summed E-state index contributed by atoms with van der Waals surface area (Å²) in [5.41, 5.74) is -1.37. The maximum absolute atomic E-state index is 12.0. The predicted molar refractivity (Wildman–Crippen MR) is 83.9 cm³/mol. The van der Waals surface area contributed by atoms with Crippen LogP contribution in [0, 0.1) is 5.92 Å². The van der Waals surface area contributed by atoms with Crippen LogP contribution >= 0.6 is 0 Å². The Kier molecular flexibility index (Phi) is 5.53. The van der Waals surface area contributed by atoms with Crippen LogP contribution in [0.3, 0.4) is 0 Å². The quantitative estimate of drug-likeness (QED) is 0.350. The number of aliphatic hydroxyl groups is 1. The fourth-order valence-corrected chi connectivity index (χ4v) is 2.00. The first-order chi connectivity index (χ1) is 10.7. The van der Waals surface area contributed by atoms with Crippen molar-refractivity contribution in [2.24, 2.45) is 5.92 Å². The molecule has 0 aromatic rings. The third-order valence-corrected chi connectivity index (χ3v) is 2.97. The smallest absolute Gasteiger partial charge is 0.408 e. The summed E-state index contributed by atoms with van der Waals surface area (Å²) < 4.78 is 15.0. The summed E-state index contributed by atoms with van der Waals surface area (Å²) in [4.78, 5) is 36.0. The first kappa shape index (κ1) is 19.8. The molecule has 0 radical (unpaired) electrons. The molecule has 0 saturated carbocycles. The molecule has 1 rings (SSSR count). The lowest BCUT2D eigenvalue weighted by atomic mass is 9.98. The Balaban J connectivity index is 3.09. The van der Waals surface area contributed by atoms with E-state index in [9.17, 15) is 19.5 Å². The number of nitrogens with one attached hydrogen (secondary N) is 1. The second-order valence-corrected chi connectivity index (χ2v) is 7.31. The van der Waals surface area contributed by atoms with Crippen molar-refractivity contribution in [3.8, 4) is 0 Å². The van der Waals surface area contributed by atoms with Gasteiger partial charge in [-0.15, -0.1) is 0 Å². The predicted octanol–water partition coefficient (Wildman–Crippen LogP) is 2.18. The van der Waals surface area contributed by atoms with Gasteiger partial charge < -0.3 is 24.6 Å². The van der Waals surface area contributed by atoms with Crippen LogP contribution in [0.25, 0.3) is 0 Å². The van der Waals surface area contributed by atoms with E-state index in [1.54, 1.807) is 34.6 Å². The first-order valence-electron chi connectivity index (χ1n) is 7.63. The third-order valence-electron chi connectivity index (χ3n) is 2.97. The Morgan fingerprint density at radius 1 is 1.17 bits per heavy atom. The number of ether oxygens (including phenoxy) is 3. The van der Waals surface area contributed by atoms with Crippen molar-refractivity contribution in [1.29, 1.82) is 0 Å². The minimum absolute atomic E-state index is 0.333. The summed E-state index contributed by atoms with van der Waals surface area (Å²) in [5.74, 6) is -4.39. The molecule has 0 unspecified atom stereocenters. The van der Waals surface area contributed by atoms with Gasteiger partial charge in [-0.1, -0.05) is 13.8 Å². The largest absolute Gasteiger partial charge is 0.509 e. The summed E-state index contributed by atoms with van der Waals surface area (Å²) >= 11 is 0. The number of esters is 2. The van der Waals surface area contributed by atoms with Gasteiger partial charge in [0.05, 0.1) is 6.04 Å². The van der Waals surface area contributed by atoms with Gasteiger partial charge in [-0.05, 0) is 26.7 Å². The molecule has 0 spiro atoms. The van der Waals surface area contributed by atoms with Gasteiger partial charge in [0.25, 0.3) is 5.79 Å². The van der Waals surface area contributed by atoms with E-state index >= 15 is 0 Å². The SMILES string of the molecule is CC(C)[C@H](NC(=O)OC(C)(C)C)C(O)=C1C(=O)OC(C)(C)OC1=O. The molecule has 1 heterocycles. The highest BCUT2D eigenvalue weighted by Gasteiger charge is 2.43. The summed E-state index contributed by atoms with van der Waals surface area (Å²) in [6, 6.07) is -1.02. The number of hydrogen-bond acceptors (Lipinski definition) is 7. The Hall–Kier alpha value is -2.25. The van der Waals surface area contributed by atoms with E-state index in [0.29, 0.717) is 0 Å². The standard InChI is InChI=1S/C16H25NO7/c1-8(2)10(17-14(21)24-15(3,4)5)11(18)9-12(19)22-16(6,7)23-13(9)20/h8,10,18H,1-7H3,(H,17,21)/t10-/m0/s1. The number of rotatable bonds is 3. The van der Waals surface area contributed by atoms with Crippen molar-refractivity contribution in [3.05, 3.63) is 11.3 Å². The summed E-state index contributed by atoms with van der Waals surface area (Å²) in [5, 5.41) is 12.8. The van der Waals surface area contributed by atoms with Gasteiger partial charge in [-0.2, -0.15) is 0 Å². The molecule has 1 aliphatic heterocycles. The number of hydrogen-bond donors (Lipinski definition) is 2. The van der Waals surface area contributed by atoms with Crippen molar-refractivity contribution in [2.75, 3.05) is 0 Å². The Labute approximate surface area is 141 Å². The van der Waals surface area contributed by atoms with Crippen LogP contribution < -0.4 is 5.32 Å². The molecular weight excluding hydrogens is 318 g/mol. The van der Waals surface area contributed by atoms with E-state index in [2.05, 4.69) is 5.32 Å². The fourth-order valence-electron chi connectivity index (χ4n) is 2.00. The van der Waals surface area contributed by atoms with Crippen molar-refractivity contribution in [3.63, 3.8) is 0 Å². The van der Waals surface area contributed by atoms with Gasteiger partial charge in [0.2, 0.25) is 0 Å². The number of alkyl carbamates (subject to hydrolysis) is 1. The zero-order valence-electron chi connectivity index (χ0n) is 15.1. The number of aliphatic hydroxyl groups excluding tert-OH is 1. The van der Waals surface area contributed by atoms with Crippen molar-refractivity contribution in [2.45, 2.75) is 65.9 Å². The first-order valence-corrected chi connectivity index (χ1v) is 7.63. The lowest BCUT2D eigenvalue weighted by Gasteiger charge is -2.31. The highest BCUT2D eigenvalue weighted by molar-refractivity contribution is 6.15. The zero-order valence-corrected chi connectivity index (χ0v) is 15.1. The Bertz CT molecular complexity index is 547. The van der Waals surface area contributed by atoms with Gasteiger partial charge in [0, 0.05) is 13.8 Å². The van der Waals surface area contributed by atoms with Gasteiger partial charge in [-0.3, -0.25) is 0 Å². The highest BCUT2D eigenvalue weighted by Crippen LogP contribution is 2.26. The molecule has 136 valence electrons. The Morgan fingerprint density at radius 3 is 2.00 bits per heavy atom. The van der Waals surface area contributed by atoms with Crippen molar-refractivity contribution in [1.82, 2.24) is 5.32 Å².